The smallest absolute Gasteiger partial charge is 0.299 e. The fourth-order valence-electron chi connectivity index (χ4n) is 2.05. The summed E-state index contributed by atoms with van der Waals surface area (Å²) >= 11 is 3.54. The lowest BCUT2D eigenvalue weighted by atomic mass is 10.1. The van der Waals surface area contributed by atoms with Crippen LogP contribution in [0.25, 0.3) is 0 Å². The van der Waals surface area contributed by atoms with Crippen LogP contribution in [0, 0.1) is 5.41 Å². The van der Waals surface area contributed by atoms with E-state index in [9.17, 15) is 4.79 Å². The number of rotatable bonds is 4. The fraction of sp³-hybridized carbons (Fsp3) is 0.727. The SMILES string of the molecule is O=c1n(CC2(CBr)CC2)ccn1C1CC1. The number of hydrogen-bond donors (Lipinski definition) is 0. The molecule has 2 aliphatic rings. The second-order valence-electron chi connectivity index (χ2n) is 4.98. The molecule has 0 saturated heterocycles. The number of imidazole rings is 1. The Morgan fingerprint density at radius 1 is 1.40 bits per heavy atom. The zero-order valence-corrected chi connectivity index (χ0v) is 10.2. The molecule has 3 nitrogen and oxygen atoms in total. The maximum atomic E-state index is 12.0. The predicted octanol–water partition coefficient (Wildman–Crippen LogP) is 2.16. The average Bonchev–Trinajstić information content (AvgIpc) is 3.12. The largest absolute Gasteiger partial charge is 0.328 e. The molecule has 15 heavy (non-hydrogen) atoms. The summed E-state index contributed by atoms with van der Waals surface area (Å²) in [5.74, 6) is 0. The summed E-state index contributed by atoms with van der Waals surface area (Å²) in [7, 11) is 0. The highest BCUT2D eigenvalue weighted by Gasteiger charge is 2.42. The number of alkyl halides is 1. The van der Waals surface area contributed by atoms with Gasteiger partial charge in [-0.3, -0.25) is 9.13 Å². The second kappa shape index (κ2) is 3.24. The van der Waals surface area contributed by atoms with Crippen molar-refractivity contribution < 1.29 is 0 Å². The molecule has 0 bridgehead atoms. The first-order valence-corrected chi connectivity index (χ1v) is 6.69. The predicted molar refractivity (Wildman–Crippen MR) is 62.4 cm³/mol. The minimum Gasteiger partial charge on any atom is -0.299 e. The van der Waals surface area contributed by atoms with Gasteiger partial charge >= 0.3 is 5.69 Å². The van der Waals surface area contributed by atoms with E-state index in [0.717, 1.165) is 11.9 Å². The van der Waals surface area contributed by atoms with Gasteiger partial charge in [-0.15, -0.1) is 0 Å². The van der Waals surface area contributed by atoms with Crippen molar-refractivity contribution >= 4 is 15.9 Å². The van der Waals surface area contributed by atoms with E-state index in [-0.39, 0.29) is 5.69 Å². The maximum absolute atomic E-state index is 12.0. The zero-order valence-electron chi connectivity index (χ0n) is 8.66. The molecule has 0 aromatic carbocycles. The highest BCUT2D eigenvalue weighted by molar-refractivity contribution is 9.09. The Labute approximate surface area is 97.2 Å². The van der Waals surface area contributed by atoms with Crippen LogP contribution in [0.2, 0.25) is 0 Å². The van der Waals surface area contributed by atoms with Gasteiger partial charge in [0.05, 0.1) is 0 Å². The molecule has 0 amide bonds. The number of halogens is 1. The van der Waals surface area contributed by atoms with Gasteiger partial charge in [0.2, 0.25) is 0 Å². The third-order valence-corrected chi connectivity index (χ3v) is 4.75. The minimum absolute atomic E-state index is 0.185. The number of hydrogen-bond acceptors (Lipinski definition) is 1. The summed E-state index contributed by atoms with van der Waals surface area (Å²) in [5.41, 5.74) is 0.559. The van der Waals surface area contributed by atoms with Gasteiger partial charge in [-0.25, -0.2) is 4.79 Å². The van der Waals surface area contributed by atoms with Crippen LogP contribution in [0.3, 0.4) is 0 Å². The molecule has 1 aromatic rings. The lowest BCUT2D eigenvalue weighted by Gasteiger charge is -2.10. The van der Waals surface area contributed by atoms with E-state index < -0.39 is 0 Å². The van der Waals surface area contributed by atoms with E-state index in [4.69, 9.17) is 0 Å². The number of nitrogens with zero attached hydrogens (tertiary/aromatic N) is 2. The molecule has 82 valence electrons. The molecule has 0 N–H and O–H groups in total. The van der Waals surface area contributed by atoms with Crippen LogP contribution >= 0.6 is 15.9 Å². The Hall–Kier alpha value is -0.510. The first-order chi connectivity index (χ1) is 7.24. The molecule has 0 aliphatic heterocycles. The summed E-state index contributed by atoms with van der Waals surface area (Å²) < 4.78 is 3.77. The van der Waals surface area contributed by atoms with E-state index in [1.807, 2.05) is 21.5 Å². The van der Waals surface area contributed by atoms with E-state index in [1.165, 1.54) is 25.7 Å². The van der Waals surface area contributed by atoms with Gasteiger partial charge in [0, 0.05) is 30.3 Å². The van der Waals surface area contributed by atoms with Crippen LogP contribution in [0.1, 0.15) is 31.7 Å². The molecular formula is C11H15BrN2O. The first-order valence-electron chi connectivity index (χ1n) is 5.57. The third kappa shape index (κ3) is 1.69. The van der Waals surface area contributed by atoms with E-state index in [1.54, 1.807) is 0 Å². The van der Waals surface area contributed by atoms with Gasteiger partial charge in [0.1, 0.15) is 0 Å². The van der Waals surface area contributed by atoms with Crippen LogP contribution in [0.5, 0.6) is 0 Å². The maximum Gasteiger partial charge on any atom is 0.328 e. The Bertz CT molecular complexity index is 426. The summed E-state index contributed by atoms with van der Waals surface area (Å²) in [6.45, 7) is 0.886. The van der Waals surface area contributed by atoms with Gasteiger partial charge in [-0.2, -0.15) is 0 Å². The van der Waals surface area contributed by atoms with E-state index in [0.29, 0.717) is 11.5 Å². The molecule has 0 unspecified atom stereocenters. The first kappa shape index (κ1) is 9.70. The van der Waals surface area contributed by atoms with Crippen molar-refractivity contribution in [2.24, 2.45) is 5.41 Å². The van der Waals surface area contributed by atoms with Crippen molar-refractivity contribution in [2.45, 2.75) is 38.3 Å². The quantitative estimate of drug-likeness (QED) is 0.771. The highest BCUT2D eigenvalue weighted by Crippen LogP contribution is 2.48. The van der Waals surface area contributed by atoms with Crippen molar-refractivity contribution in [1.29, 1.82) is 0 Å². The van der Waals surface area contributed by atoms with Crippen molar-refractivity contribution in [3.05, 3.63) is 22.9 Å². The molecule has 0 spiro atoms. The lowest BCUT2D eigenvalue weighted by Crippen LogP contribution is -2.27. The molecule has 4 heteroatoms. The van der Waals surface area contributed by atoms with Crippen molar-refractivity contribution in [3.63, 3.8) is 0 Å². The van der Waals surface area contributed by atoms with E-state index >= 15 is 0 Å². The molecule has 0 radical (unpaired) electrons. The molecule has 3 rings (SSSR count). The van der Waals surface area contributed by atoms with Crippen LogP contribution in [-0.4, -0.2) is 14.5 Å². The molecule has 0 atom stereocenters. The van der Waals surface area contributed by atoms with Gasteiger partial charge in [-0.05, 0) is 31.1 Å². The Morgan fingerprint density at radius 3 is 2.67 bits per heavy atom. The second-order valence-corrected chi connectivity index (χ2v) is 5.54. The molecule has 1 heterocycles. The minimum atomic E-state index is 0.185. The standard InChI is InChI=1S/C11H15BrN2O/c12-7-11(3-4-11)8-13-5-6-14(10(13)15)9-1-2-9/h5-6,9H,1-4,7-8H2. The lowest BCUT2D eigenvalue weighted by molar-refractivity contribution is 0.459. The fourth-order valence-corrected chi connectivity index (χ4v) is 2.79. The van der Waals surface area contributed by atoms with Crippen molar-refractivity contribution in [3.8, 4) is 0 Å². The van der Waals surface area contributed by atoms with Gasteiger partial charge in [0.25, 0.3) is 0 Å². The number of aromatic nitrogens is 2. The monoisotopic (exact) mass is 270 g/mol. The zero-order chi connectivity index (χ0) is 10.5. The van der Waals surface area contributed by atoms with Gasteiger partial charge in [-0.1, -0.05) is 15.9 Å². The topological polar surface area (TPSA) is 26.9 Å². The highest BCUT2D eigenvalue weighted by atomic mass is 79.9. The third-order valence-electron chi connectivity index (χ3n) is 3.56. The Kier molecular flexibility index (Phi) is 2.09. The van der Waals surface area contributed by atoms with Crippen LogP contribution < -0.4 is 5.69 Å². The Morgan fingerprint density at radius 2 is 2.13 bits per heavy atom. The summed E-state index contributed by atoms with van der Waals surface area (Å²) in [6.07, 6.45) is 8.74. The van der Waals surface area contributed by atoms with Crippen molar-refractivity contribution in [2.75, 3.05) is 5.33 Å². The average molecular weight is 271 g/mol. The van der Waals surface area contributed by atoms with Crippen LogP contribution in [0.4, 0.5) is 0 Å². The van der Waals surface area contributed by atoms with Gasteiger partial charge < -0.3 is 0 Å². The van der Waals surface area contributed by atoms with Crippen LogP contribution in [0.15, 0.2) is 17.2 Å². The summed E-state index contributed by atoms with van der Waals surface area (Å²) in [4.78, 5) is 12.0. The molecule has 2 saturated carbocycles. The molecule has 2 aliphatic carbocycles. The van der Waals surface area contributed by atoms with Crippen LogP contribution in [-0.2, 0) is 6.54 Å². The summed E-state index contributed by atoms with van der Waals surface area (Å²) in [6, 6.07) is 0.498. The van der Waals surface area contributed by atoms with Crippen molar-refractivity contribution in [1.82, 2.24) is 9.13 Å². The Balaban J connectivity index is 1.83. The molecular weight excluding hydrogens is 256 g/mol. The normalized spacial score (nSPS) is 23.0. The summed E-state index contributed by atoms with van der Waals surface area (Å²) in [5, 5.41) is 1.01. The molecule has 2 fully saturated rings. The van der Waals surface area contributed by atoms with Gasteiger partial charge in [0.15, 0.2) is 0 Å². The van der Waals surface area contributed by atoms with E-state index in [2.05, 4.69) is 15.9 Å². The molecule has 1 aromatic heterocycles.